The molecule has 4 heteroatoms. The highest BCUT2D eigenvalue weighted by Crippen LogP contribution is 2.25. The van der Waals surface area contributed by atoms with Crippen molar-refractivity contribution in [1.82, 2.24) is 5.32 Å². The van der Waals surface area contributed by atoms with Crippen molar-refractivity contribution in [2.75, 3.05) is 0 Å². The van der Waals surface area contributed by atoms with Gasteiger partial charge in [-0.2, -0.15) is 0 Å². The predicted octanol–water partition coefficient (Wildman–Crippen LogP) is 3.58. The molecule has 2 atom stereocenters. The van der Waals surface area contributed by atoms with Gasteiger partial charge < -0.3 is 10.4 Å². The van der Waals surface area contributed by atoms with Crippen molar-refractivity contribution < 1.29 is 14.7 Å². The fraction of sp³-hybridized carbons (Fsp3) is 0.474. The zero-order valence-electron chi connectivity index (χ0n) is 13.8. The number of carbonyl (C=O) groups is 2. The van der Waals surface area contributed by atoms with Crippen LogP contribution in [0.2, 0.25) is 0 Å². The van der Waals surface area contributed by atoms with Gasteiger partial charge in [0.15, 0.2) is 0 Å². The van der Waals surface area contributed by atoms with Crippen molar-refractivity contribution in [2.45, 2.75) is 51.5 Å². The zero-order chi connectivity index (χ0) is 16.8. The topological polar surface area (TPSA) is 66.4 Å². The third-order valence-electron chi connectivity index (χ3n) is 4.36. The van der Waals surface area contributed by atoms with Crippen LogP contribution in [0.15, 0.2) is 30.3 Å². The number of nitrogens with one attached hydrogen (secondary N) is 1. The molecule has 23 heavy (non-hydrogen) atoms. The van der Waals surface area contributed by atoms with E-state index in [2.05, 4.69) is 43.4 Å². The van der Waals surface area contributed by atoms with Crippen LogP contribution in [-0.4, -0.2) is 23.0 Å². The van der Waals surface area contributed by atoms with Crippen LogP contribution < -0.4 is 5.32 Å². The molecule has 2 N–H and O–H groups in total. The van der Waals surface area contributed by atoms with Crippen LogP contribution >= 0.6 is 0 Å². The highest BCUT2D eigenvalue weighted by molar-refractivity contribution is 5.79. The third kappa shape index (κ3) is 5.23. The van der Waals surface area contributed by atoms with Crippen LogP contribution in [0.1, 0.15) is 56.6 Å². The predicted molar refractivity (Wildman–Crippen MR) is 91.1 cm³/mol. The maximum absolute atomic E-state index is 11.9. The first-order valence-electron chi connectivity index (χ1n) is 8.24. The van der Waals surface area contributed by atoms with Crippen molar-refractivity contribution in [3.05, 3.63) is 41.5 Å². The van der Waals surface area contributed by atoms with Gasteiger partial charge in [-0.1, -0.05) is 50.3 Å². The summed E-state index contributed by atoms with van der Waals surface area (Å²) in [6, 6.07) is 8.32. The molecule has 2 rings (SSSR count). The van der Waals surface area contributed by atoms with Crippen LogP contribution in [0.3, 0.4) is 0 Å². The molecule has 124 valence electrons. The Balaban J connectivity index is 1.77. The normalized spacial score (nSPS) is 21.0. The number of aliphatic carboxylic acids is 1. The van der Waals surface area contributed by atoms with Crippen LogP contribution in [0.4, 0.5) is 0 Å². The van der Waals surface area contributed by atoms with E-state index in [9.17, 15) is 9.59 Å². The van der Waals surface area contributed by atoms with Crippen LogP contribution in [-0.2, 0) is 9.59 Å². The average molecular weight is 315 g/mol. The van der Waals surface area contributed by atoms with Gasteiger partial charge in [-0.15, -0.1) is 0 Å². The Hall–Kier alpha value is -2.10. The SMILES string of the molecule is CC(C)c1ccc(/C=C/CC(=O)N[C@H]2CC[C@@H](C(=O)O)C2)cc1. The first kappa shape index (κ1) is 17.3. The molecule has 1 amide bonds. The molecule has 0 spiro atoms. The molecule has 0 bridgehead atoms. The van der Waals surface area contributed by atoms with Gasteiger partial charge in [-0.25, -0.2) is 0 Å². The second-order valence-corrected chi connectivity index (χ2v) is 6.54. The minimum absolute atomic E-state index is 0.00215. The lowest BCUT2D eigenvalue weighted by molar-refractivity contribution is -0.141. The van der Waals surface area contributed by atoms with Crippen molar-refractivity contribution in [2.24, 2.45) is 5.92 Å². The lowest BCUT2D eigenvalue weighted by Gasteiger charge is -2.11. The molecule has 1 saturated carbocycles. The van der Waals surface area contributed by atoms with E-state index >= 15 is 0 Å². The summed E-state index contributed by atoms with van der Waals surface area (Å²) in [5.74, 6) is -0.599. The Morgan fingerprint density at radius 2 is 1.96 bits per heavy atom. The molecule has 0 unspecified atom stereocenters. The maximum atomic E-state index is 11.9. The molecule has 0 saturated heterocycles. The van der Waals surface area contributed by atoms with Gasteiger partial charge in [0.1, 0.15) is 0 Å². The number of hydrogen-bond donors (Lipinski definition) is 2. The largest absolute Gasteiger partial charge is 0.481 e. The van der Waals surface area contributed by atoms with E-state index in [4.69, 9.17) is 5.11 Å². The van der Waals surface area contributed by atoms with E-state index in [1.54, 1.807) is 0 Å². The van der Waals surface area contributed by atoms with Crippen molar-refractivity contribution in [1.29, 1.82) is 0 Å². The lowest BCUT2D eigenvalue weighted by atomic mass is 10.0. The second-order valence-electron chi connectivity index (χ2n) is 6.54. The quantitative estimate of drug-likeness (QED) is 0.843. The number of benzene rings is 1. The summed E-state index contributed by atoms with van der Waals surface area (Å²) < 4.78 is 0. The van der Waals surface area contributed by atoms with Crippen LogP contribution in [0.25, 0.3) is 6.08 Å². The molecule has 1 aromatic rings. The van der Waals surface area contributed by atoms with Gasteiger partial charge in [0.25, 0.3) is 0 Å². The van der Waals surface area contributed by atoms with E-state index in [1.165, 1.54) is 5.56 Å². The van der Waals surface area contributed by atoms with Crippen molar-refractivity contribution in [3.63, 3.8) is 0 Å². The highest BCUT2D eigenvalue weighted by atomic mass is 16.4. The van der Waals surface area contributed by atoms with Gasteiger partial charge >= 0.3 is 5.97 Å². The monoisotopic (exact) mass is 315 g/mol. The minimum Gasteiger partial charge on any atom is -0.481 e. The van der Waals surface area contributed by atoms with E-state index in [1.807, 2.05) is 12.2 Å². The van der Waals surface area contributed by atoms with Gasteiger partial charge in [0.05, 0.1) is 5.92 Å². The molecule has 0 aromatic heterocycles. The summed E-state index contributed by atoms with van der Waals surface area (Å²) in [6.07, 6.45) is 6.06. The average Bonchev–Trinajstić information content (AvgIpc) is 2.96. The second kappa shape index (κ2) is 7.95. The summed E-state index contributed by atoms with van der Waals surface area (Å²) in [6.45, 7) is 4.32. The Morgan fingerprint density at radius 1 is 1.26 bits per heavy atom. The van der Waals surface area contributed by atoms with Crippen molar-refractivity contribution >= 4 is 18.0 Å². The number of rotatable bonds is 6. The van der Waals surface area contributed by atoms with E-state index in [0.717, 1.165) is 12.0 Å². The fourth-order valence-electron chi connectivity index (χ4n) is 2.92. The molecular formula is C19H25NO3. The summed E-state index contributed by atoms with van der Waals surface area (Å²) in [7, 11) is 0. The fourth-order valence-corrected chi connectivity index (χ4v) is 2.92. The zero-order valence-corrected chi connectivity index (χ0v) is 13.8. The van der Waals surface area contributed by atoms with E-state index in [-0.39, 0.29) is 17.9 Å². The van der Waals surface area contributed by atoms with Gasteiger partial charge in [0.2, 0.25) is 5.91 Å². The summed E-state index contributed by atoms with van der Waals surface area (Å²) in [5.41, 5.74) is 2.38. The number of carbonyl (C=O) groups excluding carboxylic acids is 1. The molecule has 0 radical (unpaired) electrons. The van der Waals surface area contributed by atoms with Crippen LogP contribution in [0.5, 0.6) is 0 Å². The summed E-state index contributed by atoms with van der Waals surface area (Å²) >= 11 is 0. The smallest absolute Gasteiger partial charge is 0.306 e. The lowest BCUT2D eigenvalue weighted by Crippen LogP contribution is -2.32. The Labute approximate surface area is 137 Å². The highest BCUT2D eigenvalue weighted by Gasteiger charge is 2.30. The Kier molecular flexibility index (Phi) is 5.97. The molecule has 1 aliphatic carbocycles. The number of carboxylic acids is 1. The molecule has 1 fully saturated rings. The molecule has 0 aliphatic heterocycles. The number of amides is 1. The number of carboxylic acid groups (broad SMARTS) is 1. The Morgan fingerprint density at radius 3 is 2.52 bits per heavy atom. The van der Waals surface area contributed by atoms with Gasteiger partial charge in [0, 0.05) is 12.5 Å². The van der Waals surface area contributed by atoms with E-state index in [0.29, 0.717) is 25.2 Å². The van der Waals surface area contributed by atoms with Gasteiger partial charge in [-0.05, 0) is 36.3 Å². The molecule has 1 aliphatic rings. The first-order valence-corrected chi connectivity index (χ1v) is 8.24. The van der Waals surface area contributed by atoms with E-state index < -0.39 is 5.97 Å². The molecule has 4 nitrogen and oxygen atoms in total. The van der Waals surface area contributed by atoms with Gasteiger partial charge in [-0.3, -0.25) is 9.59 Å². The van der Waals surface area contributed by atoms with Crippen molar-refractivity contribution in [3.8, 4) is 0 Å². The summed E-state index contributed by atoms with van der Waals surface area (Å²) in [4.78, 5) is 22.8. The third-order valence-corrected chi connectivity index (χ3v) is 4.36. The standard InChI is InChI=1S/C19H25NO3/c1-13(2)15-8-6-14(7-9-15)4-3-5-18(21)20-17-11-10-16(12-17)19(22)23/h3-4,6-9,13,16-17H,5,10-12H2,1-2H3,(H,20,21)(H,22,23)/b4-3+/t16-,17+/m1/s1. The van der Waals surface area contributed by atoms with Crippen LogP contribution in [0, 0.1) is 5.92 Å². The Bertz CT molecular complexity index is 575. The molecular weight excluding hydrogens is 290 g/mol. The minimum atomic E-state index is -0.758. The first-order chi connectivity index (χ1) is 11.0. The molecule has 1 aromatic carbocycles. The number of hydrogen-bond acceptors (Lipinski definition) is 2. The molecule has 0 heterocycles. The maximum Gasteiger partial charge on any atom is 0.306 e. The summed E-state index contributed by atoms with van der Waals surface area (Å²) in [5, 5.41) is 11.9.